The van der Waals surface area contributed by atoms with Crippen molar-refractivity contribution >= 4 is 46.7 Å². The maximum absolute atomic E-state index is 11.9. The number of aryl methyl sites for hydroxylation is 1. The largest absolute Gasteiger partial charge is 0.490 e. The van der Waals surface area contributed by atoms with E-state index < -0.39 is 54.5 Å². The fourth-order valence-electron chi connectivity index (χ4n) is 3.02. The van der Waals surface area contributed by atoms with Crippen molar-refractivity contribution in [3.63, 3.8) is 0 Å². The van der Waals surface area contributed by atoms with Crippen LogP contribution in [0.3, 0.4) is 0 Å². The van der Waals surface area contributed by atoms with Gasteiger partial charge in [-0.3, -0.25) is 4.52 Å². The van der Waals surface area contributed by atoms with Crippen LogP contribution in [-0.2, 0) is 31.6 Å². The lowest BCUT2D eigenvalue weighted by molar-refractivity contribution is -0.0224. The first-order valence-electron chi connectivity index (χ1n) is 8.87. The Labute approximate surface area is 190 Å². The Morgan fingerprint density at radius 1 is 1.09 bits per heavy atom. The van der Waals surface area contributed by atoms with Gasteiger partial charge in [0, 0.05) is 16.6 Å². The van der Waals surface area contributed by atoms with Crippen LogP contribution in [0.25, 0.3) is 11.0 Å². The standard InChI is InChI=1S/C14H19N2O13P3S/c1-6-2-3-7-4-8(14(33)16-13(7)15-6)12-11(18)10(17)9(27-12)5-26-31(22,23)29-32(24,25)28-30(19,20)21/h2-4,9-12,17-18H,5H2,1H3,(H,22,23)(H,24,25)(H,15,16,33)(H2,19,20,21)/t9-,10+,11?,12+/m1/s1. The Hall–Kier alpha value is -0.930. The summed E-state index contributed by atoms with van der Waals surface area (Å²) in [5.74, 6) is 0. The van der Waals surface area contributed by atoms with Crippen molar-refractivity contribution < 1.29 is 61.4 Å². The number of pyridine rings is 2. The summed E-state index contributed by atoms with van der Waals surface area (Å²) in [6.07, 6.45) is -5.77. The van der Waals surface area contributed by atoms with Crippen molar-refractivity contribution in [2.45, 2.75) is 31.3 Å². The van der Waals surface area contributed by atoms with E-state index >= 15 is 0 Å². The molecule has 0 radical (unpaired) electrons. The smallest absolute Gasteiger partial charge is 0.387 e. The summed E-state index contributed by atoms with van der Waals surface area (Å²) in [4.78, 5) is 42.9. The maximum Gasteiger partial charge on any atom is 0.490 e. The van der Waals surface area contributed by atoms with Crippen LogP contribution >= 0.6 is 35.7 Å². The van der Waals surface area contributed by atoms with Crippen LogP contribution in [0, 0.1) is 11.6 Å². The van der Waals surface area contributed by atoms with Crippen molar-refractivity contribution in [2.75, 3.05) is 6.61 Å². The van der Waals surface area contributed by atoms with Gasteiger partial charge in [-0.05, 0) is 25.1 Å². The molecule has 19 heteroatoms. The molecule has 1 aliphatic heterocycles. The molecule has 2 aromatic heterocycles. The van der Waals surface area contributed by atoms with Crippen LogP contribution in [0.4, 0.5) is 0 Å². The second kappa shape index (κ2) is 9.61. The number of ether oxygens (including phenoxy) is 1. The van der Waals surface area contributed by atoms with Gasteiger partial charge in [-0.2, -0.15) is 8.62 Å². The fraction of sp³-hybridized carbons (Fsp3) is 0.429. The van der Waals surface area contributed by atoms with Crippen molar-refractivity contribution in [1.82, 2.24) is 9.97 Å². The minimum atomic E-state index is -5.70. The molecular weight excluding hydrogens is 529 g/mol. The van der Waals surface area contributed by atoms with E-state index in [-0.39, 0.29) is 10.2 Å². The van der Waals surface area contributed by atoms with Gasteiger partial charge in [0.25, 0.3) is 0 Å². The Morgan fingerprint density at radius 2 is 1.76 bits per heavy atom. The summed E-state index contributed by atoms with van der Waals surface area (Å²) in [5.41, 5.74) is 1.51. The number of aromatic amines is 1. The number of hydrogen-bond donors (Lipinski definition) is 7. The zero-order valence-corrected chi connectivity index (χ0v) is 20.0. The topological polar surface area (TPSA) is 238 Å². The number of aliphatic hydroxyl groups is 2. The second-order valence-corrected chi connectivity index (χ2v) is 11.7. The predicted octanol–water partition coefficient (Wildman–Crippen LogP) is 1.11. The van der Waals surface area contributed by atoms with E-state index in [1.165, 1.54) is 0 Å². The van der Waals surface area contributed by atoms with E-state index in [1.807, 2.05) is 0 Å². The molecule has 1 fully saturated rings. The number of aliphatic hydroxyl groups excluding tert-OH is 2. The highest BCUT2D eigenvalue weighted by atomic mass is 32.1. The van der Waals surface area contributed by atoms with Crippen LogP contribution in [0.5, 0.6) is 0 Å². The summed E-state index contributed by atoms with van der Waals surface area (Å²) in [7, 11) is -16.7. The van der Waals surface area contributed by atoms with Crippen molar-refractivity contribution in [3.05, 3.63) is 34.1 Å². The molecule has 0 saturated carbocycles. The SMILES string of the molecule is Cc1ccc2cc([C@@H]3O[C@H](COP(=O)(O)OP(=O)(O)OP(=O)(O)O)[C@H](O)C3O)c(=S)[nH]c2n1. The van der Waals surface area contributed by atoms with E-state index in [0.717, 1.165) is 5.69 Å². The van der Waals surface area contributed by atoms with E-state index in [0.29, 0.717) is 11.0 Å². The first-order chi connectivity index (χ1) is 15.1. The number of nitrogens with zero attached hydrogens (tertiary/aromatic N) is 1. The average molecular weight is 548 g/mol. The lowest BCUT2D eigenvalue weighted by Crippen LogP contribution is -2.33. The molecule has 3 unspecified atom stereocenters. The molecule has 184 valence electrons. The number of H-pyrrole nitrogens is 1. The molecule has 0 amide bonds. The highest BCUT2D eigenvalue weighted by Crippen LogP contribution is 2.66. The van der Waals surface area contributed by atoms with Crippen molar-refractivity contribution in [2.24, 2.45) is 0 Å². The minimum absolute atomic E-state index is 0.158. The molecule has 33 heavy (non-hydrogen) atoms. The maximum atomic E-state index is 11.9. The van der Waals surface area contributed by atoms with Gasteiger partial charge >= 0.3 is 23.5 Å². The molecular formula is C14H19N2O13P3S. The Morgan fingerprint density at radius 3 is 2.39 bits per heavy atom. The zero-order chi connectivity index (χ0) is 24.8. The summed E-state index contributed by atoms with van der Waals surface area (Å²) >= 11 is 5.28. The molecule has 0 spiro atoms. The van der Waals surface area contributed by atoms with Gasteiger partial charge in [-0.1, -0.05) is 12.2 Å². The number of phosphoric ester groups is 1. The highest BCUT2D eigenvalue weighted by Gasteiger charge is 2.46. The monoisotopic (exact) mass is 548 g/mol. The average Bonchev–Trinajstić information content (AvgIpc) is 2.91. The number of rotatable bonds is 8. The molecule has 15 nitrogen and oxygen atoms in total. The molecule has 1 saturated heterocycles. The third kappa shape index (κ3) is 6.82. The van der Waals surface area contributed by atoms with E-state index in [9.17, 15) is 28.8 Å². The number of hydrogen-bond acceptors (Lipinski definition) is 11. The third-order valence-electron chi connectivity index (χ3n) is 4.36. The summed E-state index contributed by atoms with van der Waals surface area (Å²) in [5, 5.41) is 21.3. The van der Waals surface area contributed by atoms with E-state index in [1.54, 1.807) is 25.1 Å². The predicted molar refractivity (Wildman–Crippen MR) is 111 cm³/mol. The lowest BCUT2D eigenvalue weighted by atomic mass is 10.0. The number of aromatic nitrogens is 2. The second-order valence-electron chi connectivity index (χ2n) is 6.91. The van der Waals surface area contributed by atoms with E-state index in [4.69, 9.17) is 31.6 Å². The number of fused-ring (bicyclic) bond motifs is 1. The number of phosphoric acid groups is 3. The summed E-state index contributed by atoms with van der Waals surface area (Å²) in [6.45, 7) is 0.857. The molecule has 0 aliphatic carbocycles. The van der Waals surface area contributed by atoms with Gasteiger partial charge in [0.15, 0.2) is 0 Å². The normalized spacial score (nSPS) is 27.4. The Kier molecular flexibility index (Phi) is 7.77. The van der Waals surface area contributed by atoms with Gasteiger partial charge < -0.3 is 39.5 Å². The molecule has 0 bridgehead atoms. The Balaban J connectivity index is 1.73. The van der Waals surface area contributed by atoms with Crippen LogP contribution in [-0.4, -0.2) is 64.7 Å². The molecule has 6 atom stereocenters. The van der Waals surface area contributed by atoms with Gasteiger partial charge in [0.05, 0.1) is 6.61 Å². The van der Waals surface area contributed by atoms with E-state index in [2.05, 4.69) is 23.1 Å². The molecule has 1 aliphatic rings. The van der Waals surface area contributed by atoms with Crippen LogP contribution in [0.1, 0.15) is 17.4 Å². The van der Waals surface area contributed by atoms with Gasteiger partial charge in [0.2, 0.25) is 0 Å². The molecule has 7 N–H and O–H groups in total. The van der Waals surface area contributed by atoms with Crippen LogP contribution < -0.4 is 0 Å². The minimum Gasteiger partial charge on any atom is -0.387 e. The summed E-state index contributed by atoms with van der Waals surface area (Å²) in [6, 6.07) is 5.08. The van der Waals surface area contributed by atoms with Crippen LogP contribution in [0.2, 0.25) is 0 Å². The third-order valence-corrected chi connectivity index (χ3v) is 8.50. The van der Waals surface area contributed by atoms with Crippen molar-refractivity contribution in [3.8, 4) is 0 Å². The fourth-order valence-corrected chi connectivity index (χ4v) is 6.32. The van der Waals surface area contributed by atoms with Gasteiger partial charge in [-0.15, -0.1) is 0 Å². The quantitative estimate of drug-likeness (QED) is 0.181. The molecule has 0 aromatic carbocycles. The number of nitrogens with one attached hydrogen (secondary N) is 1. The Bertz CT molecular complexity index is 1250. The first-order valence-corrected chi connectivity index (χ1v) is 13.8. The lowest BCUT2D eigenvalue weighted by Gasteiger charge is -2.19. The van der Waals surface area contributed by atoms with Crippen LogP contribution in [0.15, 0.2) is 18.2 Å². The molecule has 3 heterocycles. The molecule has 3 rings (SSSR count). The van der Waals surface area contributed by atoms with Crippen molar-refractivity contribution in [1.29, 1.82) is 0 Å². The van der Waals surface area contributed by atoms with Gasteiger partial charge in [-0.25, -0.2) is 18.7 Å². The zero-order valence-electron chi connectivity index (χ0n) is 16.5. The molecule has 2 aromatic rings. The van der Waals surface area contributed by atoms with Gasteiger partial charge in [0.1, 0.15) is 34.7 Å². The highest BCUT2D eigenvalue weighted by molar-refractivity contribution is 7.71. The summed E-state index contributed by atoms with van der Waals surface area (Å²) < 4.78 is 51.2. The first kappa shape index (κ1) is 26.7.